The maximum atomic E-state index is 6.05. The van der Waals surface area contributed by atoms with Crippen LogP contribution in [-0.2, 0) is 35.8 Å². The van der Waals surface area contributed by atoms with Crippen molar-refractivity contribution < 1.29 is 18.9 Å². The molecule has 0 unspecified atom stereocenters. The molecule has 0 aliphatic carbocycles. The molecule has 2 N–H and O–H groups in total. The predicted molar refractivity (Wildman–Crippen MR) is 115 cm³/mol. The van der Waals surface area contributed by atoms with Crippen molar-refractivity contribution in [2.45, 2.75) is 65.6 Å². The van der Waals surface area contributed by atoms with E-state index in [1.807, 2.05) is 27.7 Å². The van der Waals surface area contributed by atoms with Crippen LogP contribution in [0, 0.1) is 0 Å². The van der Waals surface area contributed by atoms with Gasteiger partial charge in [-0.05, 0) is 0 Å². The largest absolute Gasteiger partial charge is 0.462 e. The molecule has 0 atom stereocenters. The fourth-order valence-electron chi connectivity index (χ4n) is 3.72. The van der Waals surface area contributed by atoms with Crippen LogP contribution in [0.1, 0.15) is 49.9 Å². The molecular weight excluding hydrogens is 380 g/mol. The van der Waals surface area contributed by atoms with Gasteiger partial charge in [0.05, 0.1) is 13.2 Å². The van der Waals surface area contributed by atoms with Crippen molar-refractivity contribution >= 4 is 0 Å². The van der Waals surface area contributed by atoms with Gasteiger partial charge in [0, 0.05) is 76.1 Å². The standard InChI is InChI=1S/C24H32N2O4/c1-23(2)27-15-19-9-5-7-17(21(19)29-23)13-25-11-12-26-14-18-8-6-10-20-16-28-24(3,4)30-22(18)20/h5-10,25-26H,11-16H2,1-4H3. The first-order valence-corrected chi connectivity index (χ1v) is 10.6. The Hall–Kier alpha value is -2.12. The van der Waals surface area contributed by atoms with Crippen LogP contribution in [0.4, 0.5) is 0 Å². The van der Waals surface area contributed by atoms with Crippen molar-refractivity contribution in [1.29, 1.82) is 0 Å². The van der Waals surface area contributed by atoms with E-state index in [0.717, 1.165) is 59.9 Å². The van der Waals surface area contributed by atoms with Crippen LogP contribution < -0.4 is 20.1 Å². The fraction of sp³-hybridized carbons (Fsp3) is 0.500. The lowest BCUT2D eigenvalue weighted by Gasteiger charge is -2.34. The van der Waals surface area contributed by atoms with Gasteiger partial charge >= 0.3 is 0 Å². The molecule has 0 amide bonds. The topological polar surface area (TPSA) is 61.0 Å². The van der Waals surface area contributed by atoms with E-state index in [-0.39, 0.29) is 0 Å². The minimum atomic E-state index is -0.582. The van der Waals surface area contributed by atoms with Crippen LogP contribution in [-0.4, -0.2) is 24.7 Å². The van der Waals surface area contributed by atoms with E-state index < -0.39 is 11.6 Å². The van der Waals surface area contributed by atoms with Gasteiger partial charge in [-0.3, -0.25) is 0 Å². The molecule has 2 heterocycles. The number of hydrogen-bond acceptors (Lipinski definition) is 6. The molecular formula is C24H32N2O4. The van der Waals surface area contributed by atoms with Crippen molar-refractivity contribution in [2.75, 3.05) is 13.1 Å². The van der Waals surface area contributed by atoms with Gasteiger partial charge in [-0.2, -0.15) is 0 Å². The Morgan fingerprint density at radius 2 is 1.13 bits per heavy atom. The third kappa shape index (κ3) is 4.95. The molecule has 6 heteroatoms. The minimum absolute atomic E-state index is 0.582. The van der Waals surface area contributed by atoms with Crippen molar-refractivity contribution in [3.63, 3.8) is 0 Å². The van der Waals surface area contributed by atoms with Gasteiger partial charge in [-0.15, -0.1) is 0 Å². The lowest BCUT2D eigenvalue weighted by Crippen LogP contribution is -2.36. The highest BCUT2D eigenvalue weighted by Crippen LogP contribution is 2.35. The van der Waals surface area contributed by atoms with E-state index in [9.17, 15) is 0 Å². The molecule has 0 saturated heterocycles. The number of ether oxygens (including phenoxy) is 4. The molecule has 30 heavy (non-hydrogen) atoms. The number of benzene rings is 2. The first kappa shape index (κ1) is 21.1. The number of para-hydroxylation sites is 2. The zero-order valence-electron chi connectivity index (χ0n) is 18.3. The second-order valence-electron chi connectivity index (χ2n) is 8.75. The predicted octanol–water partition coefficient (Wildman–Crippen LogP) is 3.86. The molecule has 2 aliphatic heterocycles. The van der Waals surface area contributed by atoms with Crippen LogP contribution >= 0.6 is 0 Å². The summed E-state index contributed by atoms with van der Waals surface area (Å²) in [5.74, 6) is 0.738. The summed E-state index contributed by atoms with van der Waals surface area (Å²) in [5, 5.41) is 7.01. The van der Waals surface area contributed by atoms with E-state index >= 15 is 0 Å². The Labute approximate surface area is 178 Å². The molecule has 0 spiro atoms. The molecule has 162 valence electrons. The van der Waals surface area contributed by atoms with Gasteiger partial charge in [-0.25, -0.2) is 0 Å². The highest BCUT2D eigenvalue weighted by atomic mass is 16.7. The summed E-state index contributed by atoms with van der Waals surface area (Å²) in [6, 6.07) is 12.5. The molecule has 4 rings (SSSR count). The van der Waals surface area contributed by atoms with Crippen molar-refractivity contribution in [3.05, 3.63) is 58.7 Å². The average molecular weight is 413 g/mol. The summed E-state index contributed by atoms with van der Waals surface area (Å²) in [6.45, 7) is 12.2. The van der Waals surface area contributed by atoms with Gasteiger partial charge in [0.15, 0.2) is 0 Å². The average Bonchev–Trinajstić information content (AvgIpc) is 2.70. The first-order chi connectivity index (χ1) is 14.3. The van der Waals surface area contributed by atoms with Crippen LogP contribution in [0.3, 0.4) is 0 Å². The van der Waals surface area contributed by atoms with Gasteiger partial charge in [0.2, 0.25) is 11.6 Å². The summed E-state index contributed by atoms with van der Waals surface area (Å²) in [6.07, 6.45) is 0. The van der Waals surface area contributed by atoms with Gasteiger partial charge in [0.25, 0.3) is 0 Å². The zero-order valence-corrected chi connectivity index (χ0v) is 18.3. The molecule has 6 nitrogen and oxygen atoms in total. The monoisotopic (exact) mass is 412 g/mol. The molecule has 2 aliphatic rings. The lowest BCUT2D eigenvalue weighted by atomic mass is 10.1. The summed E-state index contributed by atoms with van der Waals surface area (Å²) in [4.78, 5) is 0. The van der Waals surface area contributed by atoms with Crippen LogP contribution in [0.15, 0.2) is 36.4 Å². The van der Waals surface area contributed by atoms with Gasteiger partial charge in [0.1, 0.15) is 11.5 Å². The van der Waals surface area contributed by atoms with E-state index in [1.165, 1.54) is 0 Å². The SMILES string of the molecule is CC1(C)OCc2cccc(CNCCNCc3cccc4c3OC(C)(C)OC4)c2O1. The van der Waals surface area contributed by atoms with E-state index in [2.05, 4.69) is 47.0 Å². The Kier molecular flexibility index (Phi) is 6.02. The second kappa shape index (κ2) is 8.55. The zero-order chi connectivity index (χ0) is 21.2. The van der Waals surface area contributed by atoms with Gasteiger partial charge in [-0.1, -0.05) is 36.4 Å². The maximum Gasteiger partial charge on any atom is 0.205 e. The maximum absolute atomic E-state index is 6.05. The van der Waals surface area contributed by atoms with Crippen molar-refractivity contribution in [1.82, 2.24) is 10.6 Å². The van der Waals surface area contributed by atoms with Crippen LogP contribution in [0.2, 0.25) is 0 Å². The number of hydrogen-bond donors (Lipinski definition) is 2. The summed E-state index contributed by atoms with van der Waals surface area (Å²) in [7, 11) is 0. The Balaban J connectivity index is 1.26. The van der Waals surface area contributed by atoms with E-state index in [4.69, 9.17) is 18.9 Å². The first-order valence-electron chi connectivity index (χ1n) is 10.6. The number of fused-ring (bicyclic) bond motifs is 2. The smallest absolute Gasteiger partial charge is 0.205 e. The van der Waals surface area contributed by atoms with Crippen molar-refractivity contribution in [3.8, 4) is 11.5 Å². The Morgan fingerprint density at radius 1 is 0.700 bits per heavy atom. The van der Waals surface area contributed by atoms with Crippen LogP contribution in [0.25, 0.3) is 0 Å². The van der Waals surface area contributed by atoms with Crippen LogP contribution in [0.5, 0.6) is 11.5 Å². The summed E-state index contributed by atoms with van der Waals surface area (Å²) in [5.41, 5.74) is 4.54. The molecule has 0 saturated carbocycles. The number of nitrogens with one attached hydrogen (secondary N) is 2. The summed E-state index contributed by atoms with van der Waals surface area (Å²) < 4.78 is 23.6. The molecule has 2 aromatic rings. The normalized spacial score (nSPS) is 18.7. The summed E-state index contributed by atoms with van der Waals surface area (Å²) >= 11 is 0. The highest BCUT2D eigenvalue weighted by molar-refractivity contribution is 5.43. The minimum Gasteiger partial charge on any atom is -0.462 e. The Morgan fingerprint density at radius 3 is 1.57 bits per heavy atom. The molecule has 2 aromatic carbocycles. The third-order valence-electron chi connectivity index (χ3n) is 5.31. The Bertz CT molecular complexity index is 821. The van der Waals surface area contributed by atoms with Crippen molar-refractivity contribution in [2.24, 2.45) is 0 Å². The number of rotatable bonds is 7. The molecule has 0 radical (unpaired) electrons. The van der Waals surface area contributed by atoms with Gasteiger partial charge < -0.3 is 29.6 Å². The molecule has 0 fully saturated rings. The quantitative estimate of drug-likeness (QED) is 0.674. The molecule has 0 aromatic heterocycles. The van der Waals surface area contributed by atoms with E-state index in [0.29, 0.717) is 13.2 Å². The van der Waals surface area contributed by atoms with E-state index in [1.54, 1.807) is 0 Å². The lowest BCUT2D eigenvalue weighted by molar-refractivity contribution is -0.180. The fourth-order valence-corrected chi connectivity index (χ4v) is 3.72. The second-order valence-corrected chi connectivity index (χ2v) is 8.75. The molecule has 0 bridgehead atoms. The third-order valence-corrected chi connectivity index (χ3v) is 5.31. The highest BCUT2D eigenvalue weighted by Gasteiger charge is 2.29.